The third-order valence-electron chi connectivity index (χ3n) is 1.35. The maximum Gasteiger partial charge on any atom is 0.188 e. The molecule has 0 radical (unpaired) electrons. The van der Waals surface area contributed by atoms with Gasteiger partial charge in [0.05, 0.1) is 0 Å². The molecule has 60 valence electrons. The lowest BCUT2D eigenvalue weighted by Crippen LogP contribution is -2.47. The van der Waals surface area contributed by atoms with E-state index in [0.717, 1.165) is 0 Å². The van der Waals surface area contributed by atoms with Gasteiger partial charge in [-0.2, -0.15) is 0 Å². The highest BCUT2D eigenvalue weighted by atomic mass is 16.3. The van der Waals surface area contributed by atoms with Crippen molar-refractivity contribution in [2.75, 3.05) is 0 Å². The SMILES string of the molecule is NNC(O)C[n+]1ccccc1. The molecule has 0 aliphatic carbocycles. The normalized spacial score (nSPS) is 12.9. The molecular formula is C7H12N3O+. The molecule has 11 heavy (non-hydrogen) atoms. The molecule has 1 atom stereocenters. The number of hydrazine groups is 1. The average Bonchev–Trinajstić information content (AvgIpc) is 2.06. The number of aliphatic hydroxyl groups excluding tert-OH is 1. The van der Waals surface area contributed by atoms with E-state index in [1.165, 1.54) is 0 Å². The second-order valence-corrected chi connectivity index (χ2v) is 2.25. The zero-order valence-electron chi connectivity index (χ0n) is 6.14. The first-order chi connectivity index (χ1) is 5.33. The minimum Gasteiger partial charge on any atom is -0.371 e. The number of nitrogens with zero attached hydrogens (tertiary/aromatic N) is 1. The summed E-state index contributed by atoms with van der Waals surface area (Å²) in [5, 5.41) is 9.05. The Labute approximate surface area is 65.2 Å². The fourth-order valence-corrected chi connectivity index (χ4v) is 0.808. The number of aromatic nitrogens is 1. The molecule has 1 aromatic rings. The smallest absolute Gasteiger partial charge is 0.188 e. The average molecular weight is 154 g/mol. The van der Waals surface area contributed by atoms with Crippen LogP contribution in [-0.2, 0) is 6.54 Å². The van der Waals surface area contributed by atoms with Crippen LogP contribution in [0.15, 0.2) is 30.6 Å². The molecule has 0 amide bonds. The lowest BCUT2D eigenvalue weighted by atomic mass is 10.4. The van der Waals surface area contributed by atoms with Crippen molar-refractivity contribution >= 4 is 0 Å². The van der Waals surface area contributed by atoms with Crippen LogP contribution in [-0.4, -0.2) is 11.3 Å². The van der Waals surface area contributed by atoms with Gasteiger partial charge in [0.1, 0.15) is 0 Å². The maximum absolute atomic E-state index is 9.05. The molecule has 4 N–H and O–H groups in total. The Hall–Kier alpha value is -0.970. The second kappa shape index (κ2) is 4.02. The second-order valence-electron chi connectivity index (χ2n) is 2.25. The van der Waals surface area contributed by atoms with Crippen LogP contribution in [0.5, 0.6) is 0 Å². The fourth-order valence-electron chi connectivity index (χ4n) is 0.808. The van der Waals surface area contributed by atoms with Crippen molar-refractivity contribution in [2.24, 2.45) is 5.84 Å². The van der Waals surface area contributed by atoms with E-state index >= 15 is 0 Å². The van der Waals surface area contributed by atoms with Crippen LogP contribution < -0.4 is 15.8 Å². The van der Waals surface area contributed by atoms with Crippen molar-refractivity contribution in [3.63, 3.8) is 0 Å². The summed E-state index contributed by atoms with van der Waals surface area (Å²) in [7, 11) is 0. The molecule has 4 nitrogen and oxygen atoms in total. The van der Waals surface area contributed by atoms with E-state index in [-0.39, 0.29) is 0 Å². The first-order valence-corrected chi connectivity index (χ1v) is 3.41. The largest absolute Gasteiger partial charge is 0.371 e. The third-order valence-corrected chi connectivity index (χ3v) is 1.35. The Morgan fingerprint density at radius 2 is 2.00 bits per heavy atom. The number of pyridine rings is 1. The van der Waals surface area contributed by atoms with Gasteiger partial charge >= 0.3 is 0 Å². The van der Waals surface area contributed by atoms with Gasteiger partial charge < -0.3 is 5.11 Å². The molecule has 1 rings (SSSR count). The summed E-state index contributed by atoms with van der Waals surface area (Å²) >= 11 is 0. The Bertz CT molecular complexity index is 202. The highest BCUT2D eigenvalue weighted by Crippen LogP contribution is 1.78. The van der Waals surface area contributed by atoms with Crippen LogP contribution in [0.25, 0.3) is 0 Å². The molecule has 0 aromatic carbocycles. The summed E-state index contributed by atoms with van der Waals surface area (Å²) in [4.78, 5) is 0. The number of nitrogens with two attached hydrogens (primary N) is 1. The van der Waals surface area contributed by atoms with Crippen LogP contribution in [0.2, 0.25) is 0 Å². The van der Waals surface area contributed by atoms with Crippen molar-refractivity contribution in [1.29, 1.82) is 0 Å². The predicted octanol–water partition coefficient (Wildman–Crippen LogP) is -1.24. The van der Waals surface area contributed by atoms with Gasteiger partial charge in [-0.25, -0.2) is 9.99 Å². The Kier molecular flexibility index (Phi) is 2.97. The molecule has 1 unspecified atom stereocenters. The number of nitrogens with one attached hydrogen (secondary N) is 1. The summed E-state index contributed by atoms with van der Waals surface area (Å²) < 4.78 is 1.84. The molecule has 0 fully saturated rings. The molecule has 1 heterocycles. The lowest BCUT2D eigenvalue weighted by Gasteiger charge is -2.03. The van der Waals surface area contributed by atoms with Crippen molar-refractivity contribution in [3.05, 3.63) is 30.6 Å². The molecule has 0 bridgehead atoms. The summed E-state index contributed by atoms with van der Waals surface area (Å²) in [6.45, 7) is 0.456. The van der Waals surface area contributed by atoms with Gasteiger partial charge in [-0.3, -0.25) is 5.84 Å². The minimum absolute atomic E-state index is 0.456. The first-order valence-electron chi connectivity index (χ1n) is 3.41. The maximum atomic E-state index is 9.05. The Morgan fingerprint density at radius 3 is 2.55 bits per heavy atom. The van der Waals surface area contributed by atoms with Crippen molar-refractivity contribution in [3.8, 4) is 0 Å². The van der Waals surface area contributed by atoms with E-state index in [2.05, 4.69) is 5.43 Å². The van der Waals surface area contributed by atoms with Gasteiger partial charge in [0.25, 0.3) is 0 Å². The quantitative estimate of drug-likeness (QED) is 0.221. The van der Waals surface area contributed by atoms with Crippen LogP contribution in [0.1, 0.15) is 0 Å². The van der Waals surface area contributed by atoms with Gasteiger partial charge in [-0.15, -0.1) is 0 Å². The Balaban J connectivity index is 2.51. The zero-order valence-corrected chi connectivity index (χ0v) is 6.14. The standard InChI is InChI=1S/C7H12N3O/c8-9-7(11)6-10-4-2-1-3-5-10/h1-5,7,9,11H,6,8H2/q+1. The van der Waals surface area contributed by atoms with Crippen LogP contribution >= 0.6 is 0 Å². The monoisotopic (exact) mass is 154 g/mol. The highest BCUT2D eigenvalue weighted by molar-refractivity contribution is 4.83. The van der Waals surface area contributed by atoms with Gasteiger partial charge in [0, 0.05) is 12.1 Å². The van der Waals surface area contributed by atoms with Crippen molar-refractivity contribution in [1.82, 2.24) is 5.43 Å². The predicted molar refractivity (Wildman–Crippen MR) is 40.0 cm³/mol. The fraction of sp³-hybridized carbons (Fsp3) is 0.286. The van der Waals surface area contributed by atoms with Crippen molar-refractivity contribution in [2.45, 2.75) is 12.8 Å². The first kappa shape index (κ1) is 8.13. The van der Waals surface area contributed by atoms with E-state index in [4.69, 9.17) is 10.9 Å². The third kappa shape index (κ3) is 2.63. The van der Waals surface area contributed by atoms with Gasteiger partial charge in [0.15, 0.2) is 25.2 Å². The summed E-state index contributed by atoms with van der Waals surface area (Å²) in [5.74, 6) is 5.01. The van der Waals surface area contributed by atoms with E-state index in [0.29, 0.717) is 6.54 Å². The van der Waals surface area contributed by atoms with Gasteiger partial charge in [0.2, 0.25) is 0 Å². The van der Waals surface area contributed by atoms with Crippen LogP contribution in [0.3, 0.4) is 0 Å². The molecule has 4 heteroatoms. The lowest BCUT2D eigenvalue weighted by molar-refractivity contribution is -0.704. The topological polar surface area (TPSA) is 62.2 Å². The van der Waals surface area contributed by atoms with E-state index in [9.17, 15) is 0 Å². The zero-order chi connectivity index (χ0) is 8.10. The molecule has 0 aliphatic rings. The molecule has 0 aliphatic heterocycles. The van der Waals surface area contributed by atoms with E-state index in [1.54, 1.807) is 0 Å². The molecule has 0 spiro atoms. The number of aliphatic hydroxyl groups is 1. The highest BCUT2D eigenvalue weighted by Gasteiger charge is 2.05. The summed E-state index contributed by atoms with van der Waals surface area (Å²) in [6.07, 6.45) is 3.03. The molecule has 0 saturated heterocycles. The molecule has 1 aromatic heterocycles. The molecular weight excluding hydrogens is 142 g/mol. The number of hydrogen-bond donors (Lipinski definition) is 3. The van der Waals surface area contributed by atoms with Crippen LogP contribution in [0, 0.1) is 0 Å². The summed E-state index contributed by atoms with van der Waals surface area (Å²) in [5.41, 5.74) is 2.25. The van der Waals surface area contributed by atoms with E-state index in [1.807, 2.05) is 35.2 Å². The number of rotatable bonds is 3. The Morgan fingerprint density at radius 1 is 1.36 bits per heavy atom. The van der Waals surface area contributed by atoms with Crippen molar-refractivity contribution < 1.29 is 9.67 Å². The summed E-state index contributed by atoms with van der Waals surface area (Å²) in [6, 6.07) is 5.70. The van der Waals surface area contributed by atoms with Gasteiger partial charge in [-0.1, -0.05) is 6.07 Å². The van der Waals surface area contributed by atoms with Gasteiger partial charge in [-0.05, 0) is 0 Å². The van der Waals surface area contributed by atoms with Crippen LogP contribution in [0.4, 0.5) is 0 Å². The van der Waals surface area contributed by atoms with E-state index < -0.39 is 6.23 Å². The number of hydrogen-bond acceptors (Lipinski definition) is 3. The minimum atomic E-state index is -0.692. The molecule has 0 saturated carbocycles.